The highest BCUT2D eigenvalue weighted by Crippen LogP contribution is 2.30. The molecule has 0 amide bonds. The fraction of sp³-hybridized carbons (Fsp3) is 0.333. The van der Waals surface area contributed by atoms with Crippen molar-refractivity contribution < 1.29 is 4.74 Å². The molecule has 2 aromatic rings. The van der Waals surface area contributed by atoms with Crippen LogP contribution in [0.2, 0.25) is 0 Å². The molecule has 2 nitrogen and oxygen atoms in total. The van der Waals surface area contributed by atoms with E-state index in [1.54, 1.807) is 0 Å². The Bertz CT molecular complexity index is 580. The molecule has 0 aliphatic carbocycles. The Morgan fingerprint density at radius 1 is 1.14 bits per heavy atom. The van der Waals surface area contributed by atoms with Gasteiger partial charge in [0.05, 0.1) is 4.47 Å². The zero-order valence-electron chi connectivity index (χ0n) is 12.6. The normalized spacial score (nSPS) is 12.2. The van der Waals surface area contributed by atoms with Gasteiger partial charge in [0.25, 0.3) is 0 Å². The van der Waals surface area contributed by atoms with Crippen LogP contribution in [0.3, 0.4) is 0 Å². The van der Waals surface area contributed by atoms with E-state index >= 15 is 0 Å². The van der Waals surface area contributed by atoms with Gasteiger partial charge in [0.2, 0.25) is 0 Å². The van der Waals surface area contributed by atoms with Gasteiger partial charge in [0.15, 0.2) is 0 Å². The number of aryl methyl sites for hydroxylation is 1. The number of para-hydroxylation sites is 1. The molecule has 1 unspecified atom stereocenters. The summed E-state index contributed by atoms with van der Waals surface area (Å²) in [5, 5.41) is 0. The van der Waals surface area contributed by atoms with Crippen molar-refractivity contribution in [3.8, 4) is 5.75 Å². The predicted octanol–water partition coefficient (Wildman–Crippen LogP) is 4.62. The van der Waals surface area contributed by atoms with Crippen LogP contribution in [0.15, 0.2) is 46.9 Å². The van der Waals surface area contributed by atoms with E-state index in [1.165, 1.54) is 11.1 Å². The van der Waals surface area contributed by atoms with Gasteiger partial charge in [0, 0.05) is 6.04 Å². The molecule has 0 bridgehead atoms. The van der Waals surface area contributed by atoms with Crippen LogP contribution in [0.1, 0.15) is 30.0 Å². The quantitative estimate of drug-likeness (QED) is 0.827. The molecule has 3 heteroatoms. The second kappa shape index (κ2) is 7.62. The number of hydrogen-bond donors (Lipinski definition) is 1. The van der Waals surface area contributed by atoms with Crippen LogP contribution in [0.25, 0.3) is 0 Å². The van der Waals surface area contributed by atoms with Gasteiger partial charge in [-0.2, -0.15) is 0 Å². The molecule has 2 N–H and O–H groups in total. The van der Waals surface area contributed by atoms with Crippen LogP contribution in [0.4, 0.5) is 0 Å². The van der Waals surface area contributed by atoms with Crippen LogP contribution in [0, 0.1) is 6.92 Å². The largest absolute Gasteiger partial charge is 0.487 e. The smallest absolute Gasteiger partial charge is 0.137 e. The highest BCUT2D eigenvalue weighted by atomic mass is 79.9. The molecule has 2 aromatic carbocycles. The van der Waals surface area contributed by atoms with E-state index in [0.717, 1.165) is 28.6 Å². The van der Waals surface area contributed by atoms with Crippen molar-refractivity contribution in [1.29, 1.82) is 0 Å². The molecular weight excluding hydrogens is 326 g/mol. The Morgan fingerprint density at radius 3 is 2.52 bits per heavy atom. The summed E-state index contributed by atoms with van der Waals surface area (Å²) in [7, 11) is 0. The minimum atomic E-state index is 0.168. The lowest BCUT2D eigenvalue weighted by Crippen LogP contribution is -2.21. The van der Waals surface area contributed by atoms with E-state index < -0.39 is 0 Å². The first-order valence-corrected chi connectivity index (χ1v) is 8.10. The Balaban J connectivity index is 2.12. The maximum Gasteiger partial charge on any atom is 0.137 e. The summed E-state index contributed by atoms with van der Waals surface area (Å²) in [6.45, 7) is 4.76. The fourth-order valence-electron chi connectivity index (χ4n) is 2.14. The monoisotopic (exact) mass is 347 g/mol. The van der Waals surface area contributed by atoms with Gasteiger partial charge >= 0.3 is 0 Å². The van der Waals surface area contributed by atoms with Crippen molar-refractivity contribution in [2.75, 3.05) is 0 Å². The second-order valence-electron chi connectivity index (χ2n) is 5.37. The number of ether oxygens (including phenoxy) is 1. The first-order valence-electron chi connectivity index (χ1n) is 7.31. The van der Waals surface area contributed by atoms with E-state index in [-0.39, 0.29) is 6.04 Å². The van der Waals surface area contributed by atoms with E-state index in [9.17, 15) is 0 Å². The summed E-state index contributed by atoms with van der Waals surface area (Å²) >= 11 is 3.58. The molecule has 0 aromatic heterocycles. The van der Waals surface area contributed by atoms with Crippen molar-refractivity contribution in [3.63, 3.8) is 0 Å². The van der Waals surface area contributed by atoms with Crippen molar-refractivity contribution >= 4 is 15.9 Å². The number of benzene rings is 2. The maximum absolute atomic E-state index is 6.08. The molecule has 0 fully saturated rings. The van der Waals surface area contributed by atoms with Crippen molar-refractivity contribution in [2.24, 2.45) is 5.73 Å². The van der Waals surface area contributed by atoms with Gasteiger partial charge in [0.1, 0.15) is 12.4 Å². The minimum absolute atomic E-state index is 0.168. The zero-order valence-corrected chi connectivity index (χ0v) is 14.2. The average molecular weight is 348 g/mol. The number of nitrogens with two attached hydrogens (primary N) is 1. The second-order valence-corrected chi connectivity index (χ2v) is 6.23. The molecule has 112 valence electrons. The molecule has 0 radical (unpaired) electrons. The van der Waals surface area contributed by atoms with Crippen molar-refractivity contribution in [3.05, 3.63) is 63.6 Å². The molecular formula is C18H22BrNO. The Hall–Kier alpha value is -1.32. The maximum atomic E-state index is 6.08. The Labute approximate surface area is 135 Å². The lowest BCUT2D eigenvalue weighted by Gasteiger charge is -2.16. The van der Waals surface area contributed by atoms with Crippen molar-refractivity contribution in [1.82, 2.24) is 0 Å². The van der Waals surface area contributed by atoms with Gasteiger partial charge in [-0.1, -0.05) is 48.9 Å². The molecule has 0 spiro atoms. The molecule has 2 rings (SSSR count). The van der Waals surface area contributed by atoms with Gasteiger partial charge in [-0.25, -0.2) is 0 Å². The van der Waals surface area contributed by atoms with Gasteiger partial charge in [-0.05, 0) is 52.9 Å². The SMILES string of the molecule is CCC(N)Cc1cccc(Br)c1OCc1ccc(C)cc1. The van der Waals surface area contributed by atoms with Crippen LogP contribution >= 0.6 is 15.9 Å². The first kappa shape index (κ1) is 16.1. The van der Waals surface area contributed by atoms with Gasteiger partial charge in [-0.3, -0.25) is 0 Å². The van der Waals surface area contributed by atoms with Crippen LogP contribution in [-0.4, -0.2) is 6.04 Å². The molecule has 0 saturated heterocycles. The molecule has 21 heavy (non-hydrogen) atoms. The van der Waals surface area contributed by atoms with E-state index in [1.807, 2.05) is 12.1 Å². The first-order chi connectivity index (χ1) is 10.1. The summed E-state index contributed by atoms with van der Waals surface area (Å²) in [6.07, 6.45) is 1.79. The summed E-state index contributed by atoms with van der Waals surface area (Å²) in [5.74, 6) is 0.905. The average Bonchev–Trinajstić information content (AvgIpc) is 2.48. The third kappa shape index (κ3) is 4.58. The van der Waals surface area contributed by atoms with E-state index in [0.29, 0.717) is 6.61 Å². The number of hydrogen-bond acceptors (Lipinski definition) is 2. The lowest BCUT2D eigenvalue weighted by atomic mass is 10.0. The van der Waals surface area contributed by atoms with Crippen molar-refractivity contribution in [2.45, 2.75) is 39.3 Å². The third-order valence-electron chi connectivity index (χ3n) is 3.56. The van der Waals surface area contributed by atoms with Gasteiger partial charge < -0.3 is 10.5 Å². The molecule has 0 aliphatic rings. The summed E-state index contributed by atoms with van der Waals surface area (Å²) < 4.78 is 7.02. The van der Waals surface area contributed by atoms with E-state index in [2.05, 4.69) is 60.1 Å². The van der Waals surface area contributed by atoms with Crippen LogP contribution in [0.5, 0.6) is 5.75 Å². The minimum Gasteiger partial charge on any atom is -0.487 e. The lowest BCUT2D eigenvalue weighted by molar-refractivity contribution is 0.300. The molecule has 0 saturated carbocycles. The third-order valence-corrected chi connectivity index (χ3v) is 4.18. The number of halogens is 1. The summed E-state index contributed by atoms with van der Waals surface area (Å²) in [4.78, 5) is 0. The standard InChI is InChI=1S/C18H22BrNO/c1-3-16(20)11-15-5-4-6-17(19)18(15)21-12-14-9-7-13(2)8-10-14/h4-10,16H,3,11-12,20H2,1-2H3. The highest BCUT2D eigenvalue weighted by molar-refractivity contribution is 9.10. The molecule has 0 aliphatic heterocycles. The van der Waals surface area contributed by atoms with Crippen LogP contribution < -0.4 is 10.5 Å². The Morgan fingerprint density at radius 2 is 1.86 bits per heavy atom. The fourth-order valence-corrected chi connectivity index (χ4v) is 2.66. The predicted molar refractivity (Wildman–Crippen MR) is 91.6 cm³/mol. The molecule has 1 atom stereocenters. The summed E-state index contributed by atoms with van der Waals surface area (Å²) in [5.41, 5.74) is 9.66. The zero-order chi connectivity index (χ0) is 15.2. The van der Waals surface area contributed by atoms with E-state index in [4.69, 9.17) is 10.5 Å². The Kier molecular flexibility index (Phi) is 5.83. The summed E-state index contributed by atoms with van der Waals surface area (Å²) in [6, 6.07) is 14.7. The molecule has 0 heterocycles. The topological polar surface area (TPSA) is 35.2 Å². The van der Waals surface area contributed by atoms with Gasteiger partial charge in [-0.15, -0.1) is 0 Å². The number of rotatable bonds is 6. The van der Waals surface area contributed by atoms with Crippen LogP contribution in [-0.2, 0) is 13.0 Å². The highest BCUT2D eigenvalue weighted by Gasteiger charge is 2.11.